The van der Waals surface area contributed by atoms with Crippen LogP contribution >= 0.6 is 11.6 Å². The lowest BCUT2D eigenvalue weighted by Gasteiger charge is -2.53. The third-order valence-corrected chi connectivity index (χ3v) is 17.8. The van der Waals surface area contributed by atoms with E-state index < -0.39 is 36.6 Å². The minimum absolute atomic E-state index is 0.0398. The second-order valence-electron chi connectivity index (χ2n) is 17.5. The number of allylic oxidation sites excluding steroid dienone is 1. The summed E-state index contributed by atoms with van der Waals surface area (Å²) >= 11 is 6.51. The molecule has 0 unspecified atom stereocenters. The third-order valence-electron chi connectivity index (χ3n) is 13.9. The molecule has 2 aliphatic carbocycles. The highest BCUT2D eigenvalue weighted by Crippen LogP contribution is 2.49. The predicted octanol–water partition coefficient (Wildman–Crippen LogP) is 5.07. The Morgan fingerprint density at radius 1 is 1.04 bits per heavy atom. The normalized spacial score (nSPS) is 35.1. The lowest BCUT2D eigenvalue weighted by atomic mass is 9.63. The molecule has 0 aromatic heterocycles. The highest BCUT2D eigenvalue weighted by atomic mass is 35.5. The van der Waals surface area contributed by atoms with Crippen LogP contribution in [0.4, 0.5) is 5.69 Å². The number of ether oxygens (including phenoxy) is 2. The summed E-state index contributed by atoms with van der Waals surface area (Å²) in [5, 5.41) is -0.106. The maximum absolute atomic E-state index is 13.7. The number of fused-ring (bicyclic) bond motifs is 5. The van der Waals surface area contributed by atoms with Gasteiger partial charge in [0.1, 0.15) is 11.4 Å². The number of sulfone groups is 1. The van der Waals surface area contributed by atoms with Gasteiger partial charge < -0.3 is 14.4 Å². The first-order valence-electron chi connectivity index (χ1n) is 20.5. The summed E-state index contributed by atoms with van der Waals surface area (Å²) in [7, 11) is -7.09. The average Bonchev–Trinajstić information content (AvgIpc) is 3.28. The number of hydrogen-bond acceptors (Lipinski definition) is 10. The molecular weight excluding hydrogens is 772 g/mol. The van der Waals surface area contributed by atoms with Crippen LogP contribution in [0.3, 0.4) is 0 Å². The maximum atomic E-state index is 13.7. The summed E-state index contributed by atoms with van der Waals surface area (Å²) in [5.74, 6) is 0.568. The molecule has 6 aliphatic rings. The van der Waals surface area contributed by atoms with Crippen molar-refractivity contribution in [2.75, 3.05) is 75.4 Å². The number of rotatable bonds is 4. The molecule has 2 saturated heterocycles. The van der Waals surface area contributed by atoms with Crippen LogP contribution in [0.25, 0.3) is 0 Å². The monoisotopic (exact) mass is 828 g/mol. The fraction of sp³-hybridized carbons (Fsp3) is 0.643. The zero-order valence-corrected chi connectivity index (χ0v) is 35.3. The van der Waals surface area contributed by atoms with Crippen molar-refractivity contribution in [1.29, 1.82) is 0 Å². The Morgan fingerprint density at radius 2 is 1.88 bits per heavy atom. The van der Waals surface area contributed by atoms with Crippen molar-refractivity contribution in [3.05, 3.63) is 70.3 Å². The number of sulfonamides is 1. The highest BCUT2D eigenvalue weighted by molar-refractivity contribution is 7.91. The van der Waals surface area contributed by atoms with E-state index in [9.17, 15) is 21.6 Å². The molecule has 2 aromatic carbocycles. The Labute approximate surface area is 338 Å². The van der Waals surface area contributed by atoms with Crippen molar-refractivity contribution >= 4 is 43.1 Å². The number of nitrogens with zero attached hydrogens (tertiary/aromatic N) is 3. The summed E-state index contributed by atoms with van der Waals surface area (Å²) in [6, 6.07) is 11.5. The molecule has 2 bridgehead atoms. The van der Waals surface area contributed by atoms with Gasteiger partial charge in [-0.3, -0.25) is 14.6 Å². The van der Waals surface area contributed by atoms with Crippen LogP contribution in [0.5, 0.6) is 5.75 Å². The zero-order valence-electron chi connectivity index (χ0n) is 32.9. The van der Waals surface area contributed by atoms with Crippen LogP contribution in [-0.4, -0.2) is 120 Å². The average molecular weight is 830 g/mol. The van der Waals surface area contributed by atoms with Gasteiger partial charge in [0.05, 0.1) is 29.0 Å². The molecule has 56 heavy (non-hydrogen) atoms. The Bertz CT molecular complexity index is 2080. The van der Waals surface area contributed by atoms with Crippen molar-refractivity contribution < 1.29 is 31.1 Å². The molecule has 0 radical (unpaired) electrons. The number of aryl methyl sites for hydroxylation is 1. The van der Waals surface area contributed by atoms with Crippen LogP contribution in [-0.2, 0) is 36.4 Å². The predicted molar refractivity (Wildman–Crippen MR) is 220 cm³/mol. The van der Waals surface area contributed by atoms with E-state index in [4.69, 9.17) is 21.1 Å². The summed E-state index contributed by atoms with van der Waals surface area (Å²) in [6.45, 7) is 11.5. The minimum Gasteiger partial charge on any atom is -0.490 e. The van der Waals surface area contributed by atoms with Gasteiger partial charge in [-0.25, -0.2) is 21.6 Å². The van der Waals surface area contributed by atoms with E-state index in [-0.39, 0.29) is 46.3 Å². The number of hydrogen-bond donors (Lipinski definition) is 1. The number of carbonyl (C=O) groups is 1. The smallest absolute Gasteiger partial charge is 0.264 e. The van der Waals surface area contributed by atoms with E-state index in [0.717, 1.165) is 55.9 Å². The largest absolute Gasteiger partial charge is 0.490 e. The molecule has 11 nitrogen and oxygen atoms in total. The fourth-order valence-corrected chi connectivity index (χ4v) is 13.6. The van der Waals surface area contributed by atoms with Crippen LogP contribution in [0.2, 0.25) is 5.02 Å². The van der Waals surface area contributed by atoms with Gasteiger partial charge in [-0.05, 0) is 112 Å². The number of anilines is 1. The van der Waals surface area contributed by atoms with Gasteiger partial charge in [0.25, 0.3) is 5.91 Å². The van der Waals surface area contributed by atoms with Crippen LogP contribution in [0.1, 0.15) is 74.4 Å². The van der Waals surface area contributed by atoms with E-state index >= 15 is 0 Å². The van der Waals surface area contributed by atoms with Gasteiger partial charge >= 0.3 is 0 Å². The molecule has 1 saturated carbocycles. The molecule has 306 valence electrons. The molecule has 2 aromatic rings. The Kier molecular flexibility index (Phi) is 11.1. The van der Waals surface area contributed by atoms with Crippen molar-refractivity contribution in [1.82, 2.24) is 14.5 Å². The maximum Gasteiger partial charge on any atom is 0.264 e. The molecular formula is C42H57ClN4O7S2. The summed E-state index contributed by atoms with van der Waals surface area (Å²) in [5.41, 5.74) is 2.58. The summed E-state index contributed by atoms with van der Waals surface area (Å²) in [6.07, 6.45) is 9.67. The Balaban J connectivity index is 1.19. The van der Waals surface area contributed by atoms with E-state index in [1.807, 2.05) is 32.0 Å². The number of nitrogens with one attached hydrogen (secondary N) is 1. The zero-order chi connectivity index (χ0) is 39.5. The number of piperazine rings is 1. The number of benzene rings is 2. The fourth-order valence-electron chi connectivity index (χ4n) is 10.5. The molecule has 4 aliphatic heterocycles. The molecule has 14 heteroatoms. The second kappa shape index (κ2) is 15.5. The Hall–Kier alpha value is -2.68. The standard InChI is InChI=1S/C42H57ClN4O7S2/c1-4-54-42(27-45-17-18-46-19-20-55(49,50)25-35(46)24-45)16-5-7-29(2)30(3)56(51,52)44-40(48)32-10-14-39-38(22-32)47(23-33-9-12-37(33)42)26-41(28-53-39)15-6-8-31-21-34(43)11-13-36(31)41/h5,10-11,13-14,16,21-22,29-30,33,35,37H,4,6-9,12,15,17-20,23-28H2,1-3H3,(H,44,48)/b16-5+/t29-,30+,33-,35-,37+,41-,42-/m0/s1. The number of carbonyl (C=O) groups excluding carboxylic acids is 1. The molecule has 1 spiro atoms. The van der Waals surface area contributed by atoms with Gasteiger partial charge in [0.2, 0.25) is 10.0 Å². The molecule has 1 amide bonds. The second-order valence-corrected chi connectivity index (χ2v) is 22.2. The van der Waals surface area contributed by atoms with E-state index in [1.54, 1.807) is 13.0 Å². The number of halogens is 1. The number of amides is 1. The third kappa shape index (κ3) is 7.77. The molecule has 8 rings (SSSR count). The SMILES string of the molecule is CCO[C@]1(CN2CCN3CCS(=O)(=O)C[C@@H]3C2)/C=C/C[C@H](C)[C@@H](C)S(=O)(=O)NC(=O)c2ccc3c(c2)N(C[C@@H]2CC[C@H]21)C[C@@]1(CCCc2cc(Cl)ccc21)CO3. The first kappa shape index (κ1) is 40.1. The topological polar surface area (TPSA) is 126 Å². The van der Waals surface area contributed by atoms with Crippen molar-refractivity contribution in [3.8, 4) is 5.75 Å². The van der Waals surface area contributed by atoms with Crippen LogP contribution in [0, 0.1) is 17.8 Å². The minimum atomic E-state index is -4.01. The summed E-state index contributed by atoms with van der Waals surface area (Å²) < 4.78 is 68.8. The van der Waals surface area contributed by atoms with Crippen molar-refractivity contribution in [3.63, 3.8) is 0 Å². The first-order valence-corrected chi connectivity index (χ1v) is 24.3. The van der Waals surface area contributed by atoms with E-state index in [0.29, 0.717) is 58.1 Å². The van der Waals surface area contributed by atoms with Crippen molar-refractivity contribution in [2.45, 2.75) is 81.6 Å². The lowest BCUT2D eigenvalue weighted by molar-refractivity contribution is -0.114. The molecule has 3 fully saturated rings. The van der Waals surface area contributed by atoms with Gasteiger partial charge in [-0.2, -0.15) is 0 Å². The Morgan fingerprint density at radius 3 is 2.66 bits per heavy atom. The highest BCUT2D eigenvalue weighted by Gasteiger charge is 2.51. The van der Waals surface area contributed by atoms with Crippen LogP contribution < -0.4 is 14.4 Å². The molecule has 7 atom stereocenters. The van der Waals surface area contributed by atoms with E-state index in [1.165, 1.54) is 11.1 Å². The van der Waals surface area contributed by atoms with Crippen molar-refractivity contribution in [2.24, 2.45) is 17.8 Å². The first-order chi connectivity index (χ1) is 26.7. The lowest BCUT2D eigenvalue weighted by Crippen LogP contribution is -2.63. The quantitative estimate of drug-likeness (QED) is 0.418. The summed E-state index contributed by atoms with van der Waals surface area (Å²) in [4.78, 5) is 20.8. The van der Waals surface area contributed by atoms with Crippen LogP contribution in [0.15, 0.2) is 48.6 Å². The van der Waals surface area contributed by atoms with Gasteiger partial charge in [-0.15, -0.1) is 0 Å². The van der Waals surface area contributed by atoms with Gasteiger partial charge in [0.15, 0.2) is 9.84 Å². The van der Waals surface area contributed by atoms with Gasteiger partial charge in [0, 0.05) is 74.5 Å². The molecule has 1 N–H and O–H groups in total. The van der Waals surface area contributed by atoms with Gasteiger partial charge in [-0.1, -0.05) is 36.7 Å². The van der Waals surface area contributed by atoms with E-state index in [2.05, 4.69) is 43.7 Å². The molecule has 4 heterocycles.